The van der Waals surface area contributed by atoms with Crippen LogP contribution in [0.5, 0.6) is 0 Å². The van der Waals surface area contributed by atoms with Gasteiger partial charge >= 0.3 is 0 Å². The van der Waals surface area contributed by atoms with Crippen molar-refractivity contribution in [2.45, 2.75) is 25.7 Å². The summed E-state index contributed by atoms with van der Waals surface area (Å²) in [5.74, 6) is -0.154. The zero-order valence-electron chi connectivity index (χ0n) is 6.80. The van der Waals surface area contributed by atoms with E-state index in [1.807, 2.05) is 0 Å². The van der Waals surface area contributed by atoms with Crippen LogP contribution in [0.25, 0.3) is 0 Å². The highest BCUT2D eigenvalue weighted by Gasteiger charge is 2.39. The molecule has 0 bridgehead atoms. The van der Waals surface area contributed by atoms with E-state index in [0.717, 1.165) is 25.7 Å². The van der Waals surface area contributed by atoms with Gasteiger partial charge in [-0.05, 0) is 12.8 Å². The number of carbonyl (C=O) groups excluding carboxylic acids is 2. The molecule has 0 aromatic heterocycles. The third kappa shape index (κ3) is 1.07. The van der Waals surface area contributed by atoms with E-state index in [4.69, 9.17) is 0 Å². The van der Waals surface area contributed by atoms with E-state index in [-0.39, 0.29) is 23.7 Å². The molecule has 0 aromatic carbocycles. The number of hydrazine groups is 1. The summed E-state index contributed by atoms with van der Waals surface area (Å²) in [4.78, 5) is 22.5. The Morgan fingerprint density at radius 2 is 1.33 bits per heavy atom. The molecule has 2 atom stereocenters. The number of amides is 2. The first-order chi connectivity index (χ1) is 5.79. The number of hydrogen-bond donors (Lipinski definition) is 2. The Morgan fingerprint density at radius 1 is 0.917 bits per heavy atom. The molecule has 1 heterocycles. The Balaban J connectivity index is 2.16. The summed E-state index contributed by atoms with van der Waals surface area (Å²) in [7, 11) is 0. The van der Waals surface area contributed by atoms with E-state index >= 15 is 0 Å². The van der Waals surface area contributed by atoms with Crippen LogP contribution in [-0.2, 0) is 9.59 Å². The molecule has 0 radical (unpaired) electrons. The molecule has 12 heavy (non-hydrogen) atoms. The molecule has 0 unspecified atom stereocenters. The minimum atomic E-state index is -0.0625. The molecule has 66 valence electrons. The second-order valence-corrected chi connectivity index (χ2v) is 3.48. The molecule has 2 fully saturated rings. The maximum absolute atomic E-state index is 11.2. The zero-order chi connectivity index (χ0) is 8.55. The molecule has 2 amide bonds. The Morgan fingerprint density at radius 3 is 1.75 bits per heavy atom. The Hall–Kier alpha value is -1.06. The van der Waals surface area contributed by atoms with Gasteiger partial charge in [0.25, 0.3) is 0 Å². The minimum absolute atomic E-state index is 0.0145. The van der Waals surface area contributed by atoms with Gasteiger partial charge < -0.3 is 0 Å². The molecule has 2 aliphatic rings. The highest BCUT2D eigenvalue weighted by molar-refractivity contribution is 5.92. The quantitative estimate of drug-likeness (QED) is 0.533. The van der Waals surface area contributed by atoms with Crippen molar-refractivity contribution in [3.05, 3.63) is 0 Å². The van der Waals surface area contributed by atoms with E-state index in [2.05, 4.69) is 10.9 Å². The maximum atomic E-state index is 11.2. The lowest BCUT2D eigenvalue weighted by Crippen LogP contribution is -2.56. The van der Waals surface area contributed by atoms with Crippen LogP contribution < -0.4 is 10.9 Å². The monoisotopic (exact) mass is 168 g/mol. The second-order valence-electron chi connectivity index (χ2n) is 3.48. The summed E-state index contributed by atoms with van der Waals surface area (Å²) in [5, 5.41) is 0. The summed E-state index contributed by atoms with van der Waals surface area (Å²) in [6, 6.07) is 0. The van der Waals surface area contributed by atoms with E-state index in [0.29, 0.717) is 0 Å². The van der Waals surface area contributed by atoms with Crippen molar-refractivity contribution >= 4 is 11.8 Å². The van der Waals surface area contributed by atoms with E-state index in [1.54, 1.807) is 0 Å². The van der Waals surface area contributed by atoms with Gasteiger partial charge in [-0.15, -0.1) is 0 Å². The van der Waals surface area contributed by atoms with Crippen molar-refractivity contribution in [2.75, 3.05) is 0 Å². The van der Waals surface area contributed by atoms with Crippen LogP contribution in [0.4, 0.5) is 0 Å². The normalized spacial score (nSPS) is 35.0. The molecular weight excluding hydrogens is 156 g/mol. The van der Waals surface area contributed by atoms with Crippen molar-refractivity contribution < 1.29 is 9.59 Å². The third-order valence-corrected chi connectivity index (χ3v) is 2.75. The van der Waals surface area contributed by atoms with E-state index in [9.17, 15) is 9.59 Å². The fraction of sp³-hybridized carbons (Fsp3) is 0.750. The van der Waals surface area contributed by atoms with Gasteiger partial charge in [0.1, 0.15) is 0 Å². The van der Waals surface area contributed by atoms with Crippen molar-refractivity contribution in [3.63, 3.8) is 0 Å². The molecule has 1 aliphatic carbocycles. The van der Waals surface area contributed by atoms with Crippen LogP contribution in [0.2, 0.25) is 0 Å². The average Bonchev–Trinajstić information content (AvgIpc) is 2.12. The highest BCUT2D eigenvalue weighted by Crippen LogP contribution is 2.31. The molecule has 0 spiro atoms. The van der Waals surface area contributed by atoms with Crippen LogP contribution >= 0.6 is 0 Å². The molecule has 2 rings (SSSR count). The van der Waals surface area contributed by atoms with Gasteiger partial charge in [0, 0.05) is 0 Å². The number of hydrogen-bond acceptors (Lipinski definition) is 2. The summed E-state index contributed by atoms with van der Waals surface area (Å²) >= 11 is 0. The molecule has 4 nitrogen and oxygen atoms in total. The zero-order valence-corrected chi connectivity index (χ0v) is 6.80. The summed E-state index contributed by atoms with van der Waals surface area (Å²) in [6.07, 6.45) is 3.87. The molecule has 4 heteroatoms. The Labute approximate surface area is 70.7 Å². The fourth-order valence-electron chi connectivity index (χ4n) is 2.07. The SMILES string of the molecule is O=C1NNC(=O)[C@H]2CCCC[C@H]12. The first-order valence-electron chi connectivity index (χ1n) is 4.39. The lowest BCUT2D eigenvalue weighted by molar-refractivity contribution is -0.144. The first kappa shape index (κ1) is 7.58. The van der Waals surface area contributed by atoms with Crippen LogP contribution in [0.1, 0.15) is 25.7 Å². The Bertz CT molecular complexity index is 203. The van der Waals surface area contributed by atoms with Gasteiger partial charge in [0.15, 0.2) is 0 Å². The van der Waals surface area contributed by atoms with E-state index in [1.165, 1.54) is 0 Å². The number of rotatable bonds is 0. The topological polar surface area (TPSA) is 58.2 Å². The largest absolute Gasteiger partial charge is 0.273 e. The van der Waals surface area contributed by atoms with Crippen molar-refractivity contribution in [1.82, 2.24) is 10.9 Å². The average molecular weight is 168 g/mol. The number of carbonyl (C=O) groups is 2. The van der Waals surface area contributed by atoms with Crippen LogP contribution in [-0.4, -0.2) is 11.8 Å². The minimum Gasteiger partial charge on any atom is -0.273 e. The lowest BCUT2D eigenvalue weighted by Gasteiger charge is -2.33. The second kappa shape index (κ2) is 2.77. The molecule has 0 aromatic rings. The van der Waals surface area contributed by atoms with Gasteiger partial charge in [-0.2, -0.15) is 0 Å². The van der Waals surface area contributed by atoms with Crippen LogP contribution in [0.15, 0.2) is 0 Å². The van der Waals surface area contributed by atoms with Crippen molar-refractivity contribution in [3.8, 4) is 0 Å². The molecular formula is C8H12N2O2. The number of fused-ring (bicyclic) bond motifs is 1. The summed E-state index contributed by atoms with van der Waals surface area (Å²) in [6.45, 7) is 0. The van der Waals surface area contributed by atoms with Gasteiger partial charge in [-0.1, -0.05) is 12.8 Å². The smallest absolute Gasteiger partial charge is 0.242 e. The summed E-state index contributed by atoms with van der Waals surface area (Å²) in [5.41, 5.74) is 4.78. The van der Waals surface area contributed by atoms with E-state index < -0.39 is 0 Å². The lowest BCUT2D eigenvalue weighted by atomic mass is 9.77. The molecule has 1 aliphatic heterocycles. The van der Waals surface area contributed by atoms with Crippen molar-refractivity contribution in [1.29, 1.82) is 0 Å². The standard InChI is InChI=1S/C8H12N2O2/c11-7-5-3-1-2-4-6(5)8(12)10-9-7/h5-6H,1-4H2,(H,9,11)(H,10,12)/t5-,6-/m0/s1. The molecule has 1 saturated carbocycles. The first-order valence-corrected chi connectivity index (χ1v) is 4.39. The molecule has 1 saturated heterocycles. The maximum Gasteiger partial charge on any atom is 0.242 e. The van der Waals surface area contributed by atoms with Gasteiger partial charge in [0.2, 0.25) is 11.8 Å². The van der Waals surface area contributed by atoms with Crippen LogP contribution in [0, 0.1) is 11.8 Å². The Kier molecular flexibility index (Phi) is 1.75. The summed E-state index contributed by atoms with van der Waals surface area (Å²) < 4.78 is 0. The highest BCUT2D eigenvalue weighted by atomic mass is 16.2. The van der Waals surface area contributed by atoms with Gasteiger partial charge in [-0.3, -0.25) is 20.4 Å². The fourth-order valence-corrected chi connectivity index (χ4v) is 2.07. The third-order valence-electron chi connectivity index (χ3n) is 2.75. The molecule has 2 N–H and O–H groups in total. The van der Waals surface area contributed by atoms with Crippen molar-refractivity contribution in [2.24, 2.45) is 11.8 Å². The van der Waals surface area contributed by atoms with Crippen LogP contribution in [0.3, 0.4) is 0 Å². The van der Waals surface area contributed by atoms with Gasteiger partial charge in [-0.25, -0.2) is 0 Å². The van der Waals surface area contributed by atoms with Gasteiger partial charge in [0.05, 0.1) is 11.8 Å². The predicted molar refractivity (Wildman–Crippen MR) is 41.7 cm³/mol. The predicted octanol–water partition coefficient (Wildman–Crippen LogP) is -0.0462. The number of nitrogens with one attached hydrogen (secondary N) is 2.